The van der Waals surface area contributed by atoms with Gasteiger partial charge in [0.1, 0.15) is 5.82 Å². The Morgan fingerprint density at radius 1 is 1.46 bits per heavy atom. The fraction of sp³-hybridized carbons (Fsp3) is 0.571. The highest BCUT2D eigenvalue weighted by Gasteiger charge is 2.37. The number of piperidine rings is 1. The lowest BCUT2D eigenvalue weighted by atomic mass is 9.96. The summed E-state index contributed by atoms with van der Waals surface area (Å²) in [6.07, 6.45) is -5.09. The second kappa shape index (κ2) is 7.62. The molecule has 0 radical (unpaired) electrons. The summed E-state index contributed by atoms with van der Waals surface area (Å²) in [6.45, 7) is -0.442. The maximum atomic E-state index is 13.2. The van der Waals surface area contributed by atoms with Crippen LogP contribution in [0.5, 0.6) is 0 Å². The molecule has 134 valence electrons. The van der Waals surface area contributed by atoms with Crippen LogP contribution in [0.4, 0.5) is 27.8 Å². The number of pyridine rings is 1. The number of aromatic nitrogens is 1. The van der Waals surface area contributed by atoms with E-state index in [1.807, 2.05) is 0 Å². The maximum absolute atomic E-state index is 13.2. The summed E-state index contributed by atoms with van der Waals surface area (Å²) >= 11 is 2.97. The number of alkyl halides is 5. The Hall–Kier alpha value is -1.45. The quantitative estimate of drug-likeness (QED) is 0.765. The molecule has 0 bridgehead atoms. The molecule has 0 saturated carbocycles. The van der Waals surface area contributed by atoms with Gasteiger partial charge in [-0.25, -0.2) is 13.8 Å². The number of carbonyl (C=O) groups is 1. The molecular formula is C14H15BrF5N3O. The minimum atomic E-state index is -4.59. The SMILES string of the molecule is O=C(NCC(F)F)C1CCCN(c2ncc(Br)cc2C(F)(F)F)C1. The Balaban J connectivity index is 2.17. The largest absolute Gasteiger partial charge is 0.419 e. The third-order valence-electron chi connectivity index (χ3n) is 3.66. The molecule has 10 heteroatoms. The highest BCUT2D eigenvalue weighted by Crippen LogP contribution is 2.38. The topological polar surface area (TPSA) is 45.2 Å². The van der Waals surface area contributed by atoms with Gasteiger partial charge in [-0.2, -0.15) is 13.2 Å². The number of carbonyl (C=O) groups excluding carboxylic acids is 1. The van der Waals surface area contributed by atoms with Gasteiger partial charge < -0.3 is 10.2 Å². The number of hydrogen-bond donors (Lipinski definition) is 1. The highest BCUT2D eigenvalue weighted by molar-refractivity contribution is 9.10. The number of hydrogen-bond acceptors (Lipinski definition) is 3. The maximum Gasteiger partial charge on any atom is 0.419 e. The van der Waals surface area contributed by atoms with Gasteiger partial charge in [-0.3, -0.25) is 4.79 Å². The molecule has 1 aliphatic heterocycles. The van der Waals surface area contributed by atoms with Crippen molar-refractivity contribution < 1.29 is 26.7 Å². The molecule has 2 rings (SSSR count). The van der Waals surface area contributed by atoms with Crippen molar-refractivity contribution in [2.45, 2.75) is 25.4 Å². The monoisotopic (exact) mass is 415 g/mol. The van der Waals surface area contributed by atoms with Gasteiger partial charge in [0.25, 0.3) is 6.43 Å². The summed E-state index contributed by atoms with van der Waals surface area (Å²) in [6, 6.07) is 0.933. The van der Waals surface area contributed by atoms with E-state index in [2.05, 4.69) is 26.2 Å². The first kappa shape index (κ1) is 18.9. The van der Waals surface area contributed by atoms with E-state index in [0.717, 1.165) is 6.07 Å². The number of nitrogens with zero attached hydrogens (tertiary/aromatic N) is 2. The van der Waals surface area contributed by atoms with Crippen LogP contribution in [0.25, 0.3) is 0 Å². The Kier molecular flexibility index (Phi) is 6.00. The first-order valence-electron chi connectivity index (χ1n) is 7.22. The second-order valence-corrected chi connectivity index (χ2v) is 6.36. The summed E-state index contributed by atoms with van der Waals surface area (Å²) < 4.78 is 64.1. The first-order chi connectivity index (χ1) is 11.2. The lowest BCUT2D eigenvalue weighted by Gasteiger charge is -2.34. The molecule has 0 spiro atoms. The van der Waals surface area contributed by atoms with Crippen molar-refractivity contribution in [3.63, 3.8) is 0 Å². The third kappa shape index (κ3) is 4.78. The molecular weight excluding hydrogens is 401 g/mol. The molecule has 1 unspecified atom stereocenters. The molecule has 24 heavy (non-hydrogen) atoms. The highest BCUT2D eigenvalue weighted by atomic mass is 79.9. The zero-order chi connectivity index (χ0) is 17.9. The van der Waals surface area contributed by atoms with Crippen LogP contribution in [0, 0.1) is 5.92 Å². The van der Waals surface area contributed by atoms with Crippen LogP contribution in [0.2, 0.25) is 0 Å². The zero-order valence-corrected chi connectivity index (χ0v) is 14.0. The summed E-state index contributed by atoms with van der Waals surface area (Å²) in [5, 5.41) is 2.11. The van der Waals surface area contributed by atoms with E-state index in [0.29, 0.717) is 19.4 Å². The van der Waals surface area contributed by atoms with Crippen molar-refractivity contribution >= 4 is 27.7 Å². The van der Waals surface area contributed by atoms with Crippen LogP contribution < -0.4 is 10.2 Å². The summed E-state index contributed by atoms with van der Waals surface area (Å²) in [7, 11) is 0. The first-order valence-corrected chi connectivity index (χ1v) is 8.01. The summed E-state index contributed by atoms with van der Waals surface area (Å²) in [5.74, 6) is -1.48. The van der Waals surface area contributed by atoms with Gasteiger partial charge in [-0.1, -0.05) is 0 Å². The minimum absolute atomic E-state index is 0.00673. The minimum Gasteiger partial charge on any atom is -0.355 e. The molecule has 2 heterocycles. The Bertz CT molecular complexity index is 596. The lowest BCUT2D eigenvalue weighted by molar-refractivity contribution is -0.137. The molecule has 1 fully saturated rings. The van der Waals surface area contributed by atoms with Gasteiger partial charge in [0, 0.05) is 23.8 Å². The second-order valence-electron chi connectivity index (χ2n) is 5.44. The molecule has 1 aliphatic rings. The van der Waals surface area contributed by atoms with Gasteiger partial charge in [-0.15, -0.1) is 0 Å². The van der Waals surface area contributed by atoms with Crippen molar-refractivity contribution in [1.29, 1.82) is 0 Å². The fourth-order valence-electron chi connectivity index (χ4n) is 2.60. The molecule has 1 atom stereocenters. The molecule has 0 aliphatic carbocycles. The molecule has 0 aromatic carbocycles. The van der Waals surface area contributed by atoms with Crippen molar-refractivity contribution in [2.24, 2.45) is 5.92 Å². The van der Waals surface area contributed by atoms with Crippen molar-refractivity contribution in [2.75, 3.05) is 24.5 Å². The van der Waals surface area contributed by atoms with Crippen molar-refractivity contribution in [3.8, 4) is 0 Å². The number of nitrogens with one attached hydrogen (secondary N) is 1. The predicted molar refractivity (Wildman–Crippen MR) is 80.9 cm³/mol. The van der Waals surface area contributed by atoms with E-state index in [9.17, 15) is 26.7 Å². The van der Waals surface area contributed by atoms with E-state index < -0.39 is 36.5 Å². The Labute approximate surface area is 143 Å². The summed E-state index contributed by atoms with van der Waals surface area (Å²) in [5.41, 5.74) is -0.898. The van der Waals surface area contributed by atoms with Crippen LogP contribution in [0.3, 0.4) is 0 Å². The number of anilines is 1. The van der Waals surface area contributed by atoms with Gasteiger partial charge in [-0.05, 0) is 34.8 Å². The Morgan fingerprint density at radius 2 is 2.17 bits per heavy atom. The summed E-state index contributed by atoms with van der Waals surface area (Å²) in [4.78, 5) is 17.1. The smallest absolute Gasteiger partial charge is 0.355 e. The third-order valence-corrected chi connectivity index (χ3v) is 4.09. The molecule has 1 aromatic heterocycles. The van der Waals surface area contributed by atoms with Crippen LogP contribution in [0.1, 0.15) is 18.4 Å². The molecule has 1 aromatic rings. The Morgan fingerprint density at radius 3 is 2.79 bits per heavy atom. The average molecular weight is 416 g/mol. The molecule has 4 nitrogen and oxygen atoms in total. The standard InChI is InChI=1S/C14H15BrF5N3O/c15-9-4-10(14(18,19)20)12(21-5-9)23-3-1-2-8(7-23)13(24)22-6-11(16)17/h4-5,8,11H,1-3,6-7H2,(H,22,24). The number of rotatable bonds is 4. The molecule has 1 N–H and O–H groups in total. The fourth-order valence-corrected chi connectivity index (χ4v) is 2.93. The van der Waals surface area contributed by atoms with Crippen molar-refractivity contribution in [1.82, 2.24) is 10.3 Å². The van der Waals surface area contributed by atoms with E-state index >= 15 is 0 Å². The zero-order valence-electron chi connectivity index (χ0n) is 12.4. The normalized spacial score (nSPS) is 18.8. The van der Waals surface area contributed by atoms with E-state index in [-0.39, 0.29) is 16.8 Å². The predicted octanol–water partition coefficient (Wildman–Crippen LogP) is 3.46. The van der Waals surface area contributed by atoms with E-state index in [1.165, 1.54) is 11.1 Å². The van der Waals surface area contributed by atoms with Gasteiger partial charge >= 0.3 is 6.18 Å². The van der Waals surface area contributed by atoms with Gasteiger partial charge in [0.15, 0.2) is 0 Å². The van der Waals surface area contributed by atoms with Crippen molar-refractivity contribution in [3.05, 3.63) is 22.3 Å². The average Bonchev–Trinajstić information content (AvgIpc) is 2.51. The lowest BCUT2D eigenvalue weighted by Crippen LogP contribution is -2.44. The molecule has 1 saturated heterocycles. The van der Waals surface area contributed by atoms with Crippen LogP contribution >= 0.6 is 15.9 Å². The van der Waals surface area contributed by atoms with Crippen LogP contribution in [-0.2, 0) is 11.0 Å². The van der Waals surface area contributed by atoms with E-state index in [1.54, 1.807) is 0 Å². The molecule has 1 amide bonds. The van der Waals surface area contributed by atoms with Crippen LogP contribution in [-0.4, -0.2) is 37.0 Å². The van der Waals surface area contributed by atoms with E-state index in [4.69, 9.17) is 0 Å². The van der Waals surface area contributed by atoms with Gasteiger partial charge in [0.05, 0.1) is 18.0 Å². The number of amides is 1. The van der Waals surface area contributed by atoms with Crippen LogP contribution in [0.15, 0.2) is 16.7 Å². The number of halogens is 6. The van der Waals surface area contributed by atoms with Gasteiger partial charge in [0.2, 0.25) is 5.91 Å².